The van der Waals surface area contributed by atoms with Crippen LogP contribution in [0.25, 0.3) is 17.2 Å². The molecule has 0 fully saturated rings. The van der Waals surface area contributed by atoms with Crippen LogP contribution in [0.15, 0.2) is 60.9 Å². The van der Waals surface area contributed by atoms with Crippen LogP contribution in [0.4, 0.5) is 5.82 Å². The average Bonchev–Trinajstić information content (AvgIpc) is 2.95. The van der Waals surface area contributed by atoms with E-state index in [4.69, 9.17) is 0 Å². The minimum atomic E-state index is 0.140. The number of hydrogen-bond donors (Lipinski definition) is 0. The molecule has 0 saturated carbocycles. The number of fused-ring (bicyclic) bond motifs is 7. The molecule has 0 bridgehead atoms. The van der Waals surface area contributed by atoms with Crippen LogP contribution in [0.1, 0.15) is 11.7 Å². The third-order valence-electron chi connectivity index (χ3n) is 4.24. The normalized spacial score (nSPS) is 17.3. The van der Waals surface area contributed by atoms with E-state index in [0.717, 1.165) is 17.1 Å². The van der Waals surface area contributed by atoms with E-state index in [1.807, 2.05) is 24.5 Å². The van der Waals surface area contributed by atoms with Gasteiger partial charge in [0.05, 0.1) is 11.3 Å². The SMILES string of the molecule is C1=c2ccccc2=[N+]2c3ncccc3-c3cccnc3C12. The van der Waals surface area contributed by atoms with Gasteiger partial charge in [-0.3, -0.25) is 4.98 Å². The van der Waals surface area contributed by atoms with Crippen LogP contribution in [0.3, 0.4) is 0 Å². The topological polar surface area (TPSA) is 28.8 Å². The highest BCUT2D eigenvalue weighted by atomic mass is 15.1. The smallest absolute Gasteiger partial charge is 0.256 e. The fourth-order valence-electron chi connectivity index (χ4n) is 3.37. The molecule has 0 aliphatic carbocycles. The van der Waals surface area contributed by atoms with Crippen LogP contribution in [0.5, 0.6) is 0 Å². The highest BCUT2D eigenvalue weighted by molar-refractivity contribution is 5.80. The maximum absolute atomic E-state index is 4.64. The molecule has 1 aromatic carbocycles. The van der Waals surface area contributed by atoms with Crippen LogP contribution in [0, 0.1) is 0 Å². The summed E-state index contributed by atoms with van der Waals surface area (Å²) in [4.78, 5) is 9.28. The molecule has 0 N–H and O–H groups in total. The van der Waals surface area contributed by atoms with Gasteiger partial charge in [0.25, 0.3) is 0 Å². The van der Waals surface area contributed by atoms with Gasteiger partial charge < -0.3 is 0 Å². The summed E-state index contributed by atoms with van der Waals surface area (Å²) in [5, 5.41) is 2.45. The van der Waals surface area contributed by atoms with Crippen molar-refractivity contribution in [1.29, 1.82) is 0 Å². The standard InChI is InChI=1S/C18H12N3/c1-2-8-15-12(5-1)11-16-17-13(6-3-9-19-17)14-7-4-10-20-18(14)21(15)16/h1-11,16H/q+1. The molecule has 3 heteroatoms. The van der Waals surface area contributed by atoms with E-state index < -0.39 is 0 Å². The molecule has 3 aromatic rings. The van der Waals surface area contributed by atoms with Crippen molar-refractivity contribution in [2.24, 2.45) is 0 Å². The maximum Gasteiger partial charge on any atom is 0.332 e. The molecule has 2 aliphatic heterocycles. The van der Waals surface area contributed by atoms with Gasteiger partial charge in [0.2, 0.25) is 0 Å². The van der Waals surface area contributed by atoms with Gasteiger partial charge in [-0.15, -0.1) is 0 Å². The molecule has 3 nitrogen and oxygen atoms in total. The zero-order chi connectivity index (χ0) is 13.8. The van der Waals surface area contributed by atoms with Crippen LogP contribution in [-0.4, -0.2) is 9.97 Å². The molecule has 4 heterocycles. The van der Waals surface area contributed by atoms with Crippen LogP contribution in [-0.2, 0) is 0 Å². The fraction of sp³-hybridized carbons (Fsp3) is 0.0556. The minimum absolute atomic E-state index is 0.140. The molecule has 0 saturated heterocycles. The van der Waals surface area contributed by atoms with E-state index >= 15 is 0 Å². The van der Waals surface area contributed by atoms with Crippen LogP contribution >= 0.6 is 0 Å². The molecule has 0 spiro atoms. The molecule has 0 radical (unpaired) electrons. The lowest BCUT2D eigenvalue weighted by Gasteiger charge is -2.21. The number of pyridine rings is 2. The first-order valence-electron chi connectivity index (χ1n) is 7.07. The Hall–Kier alpha value is -2.81. The lowest BCUT2D eigenvalue weighted by Crippen LogP contribution is -2.34. The highest BCUT2D eigenvalue weighted by Gasteiger charge is 2.37. The summed E-state index contributed by atoms with van der Waals surface area (Å²) < 4.78 is 2.29. The van der Waals surface area contributed by atoms with Gasteiger partial charge in [-0.05, 0) is 35.3 Å². The zero-order valence-corrected chi connectivity index (χ0v) is 11.3. The predicted molar refractivity (Wildman–Crippen MR) is 81.3 cm³/mol. The second-order valence-electron chi connectivity index (χ2n) is 5.35. The summed E-state index contributed by atoms with van der Waals surface area (Å²) in [6.45, 7) is 0. The molecule has 98 valence electrons. The van der Waals surface area contributed by atoms with E-state index in [-0.39, 0.29) is 6.04 Å². The Balaban J connectivity index is 2.01. The summed E-state index contributed by atoms with van der Waals surface area (Å²) >= 11 is 0. The third kappa shape index (κ3) is 1.35. The highest BCUT2D eigenvalue weighted by Crippen LogP contribution is 2.40. The maximum atomic E-state index is 4.64. The van der Waals surface area contributed by atoms with Crippen molar-refractivity contribution in [1.82, 2.24) is 14.5 Å². The quantitative estimate of drug-likeness (QED) is 0.583. The van der Waals surface area contributed by atoms with Gasteiger partial charge in [0.1, 0.15) is 11.6 Å². The van der Waals surface area contributed by atoms with Crippen molar-refractivity contribution in [2.45, 2.75) is 6.04 Å². The number of para-hydroxylation sites is 1. The van der Waals surface area contributed by atoms with E-state index in [1.54, 1.807) is 0 Å². The van der Waals surface area contributed by atoms with Gasteiger partial charge >= 0.3 is 5.82 Å². The van der Waals surface area contributed by atoms with Gasteiger partial charge in [-0.25, -0.2) is 4.58 Å². The predicted octanol–water partition coefficient (Wildman–Crippen LogP) is 1.82. The summed E-state index contributed by atoms with van der Waals surface area (Å²) in [6.07, 6.45) is 6.01. The summed E-state index contributed by atoms with van der Waals surface area (Å²) in [7, 11) is 0. The second kappa shape index (κ2) is 3.85. The second-order valence-corrected chi connectivity index (χ2v) is 5.35. The van der Waals surface area contributed by atoms with E-state index in [1.165, 1.54) is 16.1 Å². The lowest BCUT2D eigenvalue weighted by molar-refractivity contribution is 0.648. The molecule has 1 atom stereocenters. The number of benzene rings is 1. The Labute approximate surface area is 121 Å². The van der Waals surface area contributed by atoms with Crippen molar-refractivity contribution in [3.8, 4) is 11.1 Å². The summed E-state index contributed by atoms with van der Waals surface area (Å²) in [6, 6.07) is 16.8. The molecular weight excluding hydrogens is 258 g/mol. The molecule has 1 unspecified atom stereocenters. The van der Waals surface area contributed by atoms with Crippen LogP contribution in [0.2, 0.25) is 0 Å². The van der Waals surface area contributed by atoms with E-state index in [9.17, 15) is 0 Å². The number of aromatic nitrogens is 2. The lowest BCUT2D eigenvalue weighted by atomic mass is 9.96. The molecule has 2 aliphatic rings. The van der Waals surface area contributed by atoms with E-state index in [2.05, 4.69) is 57.0 Å². The van der Waals surface area contributed by atoms with Crippen molar-refractivity contribution >= 4 is 11.9 Å². The van der Waals surface area contributed by atoms with Crippen molar-refractivity contribution in [3.63, 3.8) is 0 Å². The van der Waals surface area contributed by atoms with Crippen molar-refractivity contribution in [2.75, 3.05) is 0 Å². The molecule has 2 aromatic heterocycles. The molecular formula is C18H12N3+. The first-order chi connectivity index (χ1) is 10.4. The Bertz CT molecular complexity index is 1000. The van der Waals surface area contributed by atoms with Gasteiger partial charge in [-0.1, -0.05) is 24.3 Å². The van der Waals surface area contributed by atoms with E-state index in [0.29, 0.717) is 0 Å². The number of nitrogens with zero attached hydrogens (tertiary/aromatic N) is 3. The van der Waals surface area contributed by atoms with Crippen molar-refractivity contribution < 1.29 is 0 Å². The molecule has 5 rings (SSSR count). The first-order valence-corrected chi connectivity index (χ1v) is 7.07. The molecule has 0 amide bonds. The average molecular weight is 270 g/mol. The Morgan fingerprint density at radius 2 is 1.62 bits per heavy atom. The van der Waals surface area contributed by atoms with Gasteiger partial charge in [0.15, 0.2) is 6.04 Å². The summed E-state index contributed by atoms with van der Waals surface area (Å²) in [5.41, 5.74) is 3.45. The largest absolute Gasteiger partial charge is 0.332 e. The first kappa shape index (κ1) is 10.9. The fourth-order valence-corrected chi connectivity index (χ4v) is 3.37. The monoisotopic (exact) mass is 270 g/mol. The van der Waals surface area contributed by atoms with Gasteiger partial charge in [0, 0.05) is 17.0 Å². The summed E-state index contributed by atoms with van der Waals surface area (Å²) in [5.74, 6) is 1.02. The molecule has 21 heavy (non-hydrogen) atoms. The zero-order valence-electron chi connectivity index (χ0n) is 11.3. The van der Waals surface area contributed by atoms with Crippen LogP contribution < -0.4 is 15.2 Å². The Morgan fingerprint density at radius 1 is 0.810 bits per heavy atom. The Kier molecular flexibility index (Phi) is 2.00. The minimum Gasteiger partial charge on any atom is -0.256 e. The van der Waals surface area contributed by atoms with Crippen molar-refractivity contribution in [3.05, 3.63) is 77.2 Å². The number of rotatable bonds is 0. The Morgan fingerprint density at radius 3 is 2.57 bits per heavy atom. The third-order valence-corrected chi connectivity index (χ3v) is 4.24. The van der Waals surface area contributed by atoms with Gasteiger partial charge in [-0.2, -0.15) is 0 Å². The number of hydrogen-bond acceptors (Lipinski definition) is 2.